The maximum absolute atomic E-state index is 12.0. The highest BCUT2D eigenvalue weighted by molar-refractivity contribution is 5.75. The molecule has 1 N–H and O–H groups in total. The van der Waals surface area contributed by atoms with Crippen molar-refractivity contribution >= 4 is 11.9 Å². The quantitative estimate of drug-likeness (QED) is 0.856. The first-order valence-electron chi connectivity index (χ1n) is 6.91. The summed E-state index contributed by atoms with van der Waals surface area (Å²) >= 11 is 0. The van der Waals surface area contributed by atoms with Gasteiger partial charge in [-0.05, 0) is 6.42 Å². The van der Waals surface area contributed by atoms with E-state index in [1.165, 1.54) is 0 Å². The summed E-state index contributed by atoms with van der Waals surface area (Å²) in [5.74, 6) is 0.0763. The van der Waals surface area contributed by atoms with Gasteiger partial charge in [0.25, 0.3) is 0 Å². The summed E-state index contributed by atoms with van der Waals surface area (Å²) < 4.78 is 1.92. The Labute approximate surface area is 118 Å². The summed E-state index contributed by atoms with van der Waals surface area (Å²) in [5, 5.41) is 2.90. The lowest BCUT2D eigenvalue weighted by Crippen LogP contribution is -2.43. The second kappa shape index (κ2) is 6.93. The van der Waals surface area contributed by atoms with E-state index < -0.39 is 0 Å². The van der Waals surface area contributed by atoms with Crippen LogP contribution in [0, 0.1) is 0 Å². The maximum Gasteiger partial charge on any atom is 0.317 e. The smallest absolute Gasteiger partial charge is 0.317 e. The first kappa shape index (κ1) is 14.4. The van der Waals surface area contributed by atoms with Crippen LogP contribution in [0.3, 0.4) is 0 Å². The minimum absolute atomic E-state index is 0.0597. The molecule has 2 heterocycles. The van der Waals surface area contributed by atoms with Crippen LogP contribution in [0.15, 0.2) is 18.7 Å². The number of imidazole rings is 1. The van der Waals surface area contributed by atoms with Crippen molar-refractivity contribution in [2.24, 2.45) is 0 Å². The van der Waals surface area contributed by atoms with Crippen LogP contribution in [0.5, 0.6) is 0 Å². The van der Waals surface area contributed by atoms with Crippen LogP contribution in [0.2, 0.25) is 0 Å². The van der Waals surface area contributed by atoms with Gasteiger partial charge in [-0.25, -0.2) is 9.78 Å². The van der Waals surface area contributed by atoms with Gasteiger partial charge in [0.2, 0.25) is 5.91 Å². The molecule has 1 aliphatic heterocycles. The van der Waals surface area contributed by atoms with Gasteiger partial charge in [-0.2, -0.15) is 0 Å². The normalized spacial score (nSPS) is 15.8. The van der Waals surface area contributed by atoms with Crippen molar-refractivity contribution in [3.05, 3.63) is 18.7 Å². The van der Waals surface area contributed by atoms with Crippen molar-refractivity contribution in [1.29, 1.82) is 0 Å². The number of nitrogens with one attached hydrogen (secondary N) is 1. The average Bonchev–Trinajstić information content (AvgIpc) is 2.80. The Balaban J connectivity index is 1.73. The van der Waals surface area contributed by atoms with Gasteiger partial charge in [0.1, 0.15) is 0 Å². The maximum atomic E-state index is 12.0. The highest BCUT2D eigenvalue weighted by atomic mass is 16.2. The number of amides is 3. The third-order valence-electron chi connectivity index (χ3n) is 3.43. The standard InChI is InChI=1S/C13H21N5O2/c1-12(19)17-5-2-6-18(10-9-17)13(20)15-4-8-16-7-3-14-11-16/h3,7,11H,2,4-6,8-10H2,1H3,(H,15,20). The van der Waals surface area contributed by atoms with Crippen LogP contribution in [0.4, 0.5) is 4.79 Å². The third kappa shape index (κ3) is 3.97. The van der Waals surface area contributed by atoms with Gasteiger partial charge in [-0.1, -0.05) is 0 Å². The number of urea groups is 1. The summed E-state index contributed by atoms with van der Waals surface area (Å²) in [6.45, 7) is 5.48. The van der Waals surface area contributed by atoms with Gasteiger partial charge >= 0.3 is 6.03 Å². The fourth-order valence-electron chi connectivity index (χ4n) is 2.26. The van der Waals surface area contributed by atoms with Crippen molar-refractivity contribution in [2.45, 2.75) is 19.9 Å². The Morgan fingerprint density at radius 3 is 2.65 bits per heavy atom. The minimum atomic E-state index is -0.0597. The number of carbonyl (C=O) groups excluding carboxylic acids is 2. The zero-order valence-electron chi connectivity index (χ0n) is 11.8. The molecule has 7 heteroatoms. The number of hydrogen-bond donors (Lipinski definition) is 1. The van der Waals surface area contributed by atoms with Gasteiger partial charge in [0.05, 0.1) is 6.33 Å². The second-order valence-electron chi connectivity index (χ2n) is 4.88. The lowest BCUT2D eigenvalue weighted by molar-refractivity contribution is -0.128. The van der Waals surface area contributed by atoms with Crippen LogP contribution in [0.1, 0.15) is 13.3 Å². The van der Waals surface area contributed by atoms with Crippen LogP contribution >= 0.6 is 0 Å². The summed E-state index contributed by atoms with van der Waals surface area (Å²) in [4.78, 5) is 30.9. The van der Waals surface area contributed by atoms with E-state index in [0.717, 1.165) is 13.0 Å². The Kier molecular flexibility index (Phi) is 4.97. The molecule has 20 heavy (non-hydrogen) atoms. The number of aromatic nitrogens is 2. The zero-order valence-corrected chi connectivity index (χ0v) is 11.8. The predicted molar refractivity (Wildman–Crippen MR) is 74.1 cm³/mol. The first-order chi connectivity index (χ1) is 9.66. The van der Waals surface area contributed by atoms with Crippen LogP contribution in [-0.4, -0.2) is 64.0 Å². The Hall–Kier alpha value is -2.05. The van der Waals surface area contributed by atoms with Crippen molar-refractivity contribution in [2.75, 3.05) is 32.7 Å². The van der Waals surface area contributed by atoms with E-state index in [1.54, 1.807) is 29.2 Å². The zero-order chi connectivity index (χ0) is 14.4. The van der Waals surface area contributed by atoms with Crippen LogP contribution in [-0.2, 0) is 11.3 Å². The van der Waals surface area contributed by atoms with Gasteiger partial charge < -0.3 is 19.7 Å². The topological polar surface area (TPSA) is 70.5 Å². The van der Waals surface area contributed by atoms with Gasteiger partial charge in [-0.15, -0.1) is 0 Å². The number of carbonyl (C=O) groups is 2. The van der Waals surface area contributed by atoms with Gasteiger partial charge in [0.15, 0.2) is 0 Å². The molecule has 1 saturated heterocycles. The van der Waals surface area contributed by atoms with E-state index in [4.69, 9.17) is 0 Å². The number of nitrogens with zero attached hydrogens (tertiary/aromatic N) is 4. The molecule has 110 valence electrons. The van der Waals surface area contributed by atoms with E-state index >= 15 is 0 Å². The van der Waals surface area contributed by atoms with Gasteiger partial charge in [-0.3, -0.25) is 4.79 Å². The fourth-order valence-corrected chi connectivity index (χ4v) is 2.26. The molecule has 2 rings (SSSR count). The first-order valence-corrected chi connectivity index (χ1v) is 6.91. The van der Waals surface area contributed by atoms with Crippen molar-refractivity contribution < 1.29 is 9.59 Å². The summed E-state index contributed by atoms with van der Waals surface area (Å²) in [5.41, 5.74) is 0. The minimum Gasteiger partial charge on any atom is -0.341 e. The molecular formula is C13H21N5O2. The molecule has 7 nitrogen and oxygen atoms in total. The van der Waals surface area contributed by atoms with E-state index in [1.807, 2.05) is 10.8 Å². The molecule has 0 radical (unpaired) electrons. The van der Waals surface area contributed by atoms with Crippen molar-refractivity contribution in [3.8, 4) is 0 Å². The molecule has 1 aromatic rings. The summed E-state index contributed by atoms with van der Waals surface area (Å²) in [6, 6.07) is -0.0597. The van der Waals surface area contributed by atoms with E-state index in [9.17, 15) is 9.59 Å². The Morgan fingerprint density at radius 2 is 1.95 bits per heavy atom. The highest BCUT2D eigenvalue weighted by Gasteiger charge is 2.19. The van der Waals surface area contributed by atoms with Crippen LogP contribution in [0.25, 0.3) is 0 Å². The predicted octanol–water partition coefficient (Wildman–Crippen LogP) is 0.147. The SMILES string of the molecule is CC(=O)N1CCCN(C(=O)NCCn2ccnc2)CC1. The molecule has 0 unspecified atom stereocenters. The average molecular weight is 279 g/mol. The molecule has 0 spiro atoms. The number of rotatable bonds is 3. The highest BCUT2D eigenvalue weighted by Crippen LogP contribution is 2.03. The van der Waals surface area contributed by atoms with E-state index in [-0.39, 0.29) is 11.9 Å². The fraction of sp³-hybridized carbons (Fsp3) is 0.615. The molecule has 0 atom stereocenters. The lowest BCUT2D eigenvalue weighted by atomic mass is 10.4. The third-order valence-corrected chi connectivity index (χ3v) is 3.43. The van der Waals surface area contributed by atoms with E-state index in [0.29, 0.717) is 32.7 Å². The van der Waals surface area contributed by atoms with E-state index in [2.05, 4.69) is 10.3 Å². The molecule has 1 aliphatic rings. The molecule has 1 aromatic heterocycles. The van der Waals surface area contributed by atoms with Crippen molar-refractivity contribution in [3.63, 3.8) is 0 Å². The summed E-state index contributed by atoms with van der Waals surface area (Å²) in [7, 11) is 0. The Bertz CT molecular complexity index is 446. The molecule has 0 aliphatic carbocycles. The van der Waals surface area contributed by atoms with Crippen LogP contribution < -0.4 is 5.32 Å². The molecule has 0 saturated carbocycles. The van der Waals surface area contributed by atoms with Crippen molar-refractivity contribution in [1.82, 2.24) is 24.7 Å². The second-order valence-corrected chi connectivity index (χ2v) is 4.88. The molecule has 3 amide bonds. The molecule has 0 aromatic carbocycles. The Morgan fingerprint density at radius 1 is 1.20 bits per heavy atom. The molecule has 1 fully saturated rings. The lowest BCUT2D eigenvalue weighted by Gasteiger charge is -2.21. The number of hydrogen-bond acceptors (Lipinski definition) is 3. The monoisotopic (exact) mass is 279 g/mol. The summed E-state index contributed by atoms with van der Waals surface area (Å²) in [6.07, 6.45) is 6.13. The largest absolute Gasteiger partial charge is 0.341 e. The molecular weight excluding hydrogens is 258 g/mol. The molecule has 0 bridgehead atoms. The van der Waals surface area contributed by atoms with Gasteiger partial charge in [0, 0.05) is 58.6 Å².